The van der Waals surface area contributed by atoms with Crippen LogP contribution in [0.1, 0.15) is 65.2 Å². The second kappa shape index (κ2) is 11.7. The van der Waals surface area contributed by atoms with E-state index in [1.54, 1.807) is 0 Å². The van der Waals surface area contributed by atoms with Gasteiger partial charge in [0.1, 0.15) is 18.1 Å². The Morgan fingerprint density at radius 2 is 1.42 bits per heavy atom. The first-order valence-corrected chi connectivity index (χ1v) is 12.7. The van der Waals surface area contributed by atoms with E-state index in [1.807, 2.05) is 71.0 Å². The third kappa shape index (κ3) is 5.36. The second-order valence-electron chi connectivity index (χ2n) is 9.61. The van der Waals surface area contributed by atoms with Crippen LogP contribution < -0.4 is 9.47 Å². The maximum Gasteiger partial charge on any atom is 0.344 e. The van der Waals surface area contributed by atoms with E-state index in [9.17, 15) is 9.59 Å². The third-order valence-corrected chi connectivity index (χ3v) is 7.22. The molecule has 0 heterocycles. The molecule has 0 saturated heterocycles. The van der Waals surface area contributed by atoms with Gasteiger partial charge in [-0.1, -0.05) is 42.5 Å². The summed E-state index contributed by atoms with van der Waals surface area (Å²) in [6, 6.07) is 12.0. The molecule has 1 aliphatic rings. The van der Waals surface area contributed by atoms with Gasteiger partial charge in [0.15, 0.2) is 6.79 Å². The lowest BCUT2D eigenvalue weighted by atomic mass is 9.88. The first-order valence-electron chi connectivity index (χ1n) is 12.7. The number of benzene rings is 3. The first kappa shape index (κ1) is 27.1. The average Bonchev–Trinajstić information content (AvgIpc) is 2.92. The van der Waals surface area contributed by atoms with Crippen LogP contribution in [0.2, 0.25) is 0 Å². The van der Waals surface area contributed by atoms with Gasteiger partial charge in [-0.25, -0.2) is 9.59 Å². The fourth-order valence-electron chi connectivity index (χ4n) is 4.96. The number of hydrogen-bond acceptors (Lipinski definition) is 6. The summed E-state index contributed by atoms with van der Waals surface area (Å²) in [7, 11) is 1.46. The average molecular weight is 515 g/mol. The van der Waals surface area contributed by atoms with Crippen LogP contribution in [0.5, 0.6) is 11.5 Å². The van der Waals surface area contributed by atoms with E-state index in [4.69, 9.17) is 18.9 Å². The Hall–Kier alpha value is -3.90. The van der Waals surface area contributed by atoms with E-state index in [2.05, 4.69) is 12.2 Å². The summed E-state index contributed by atoms with van der Waals surface area (Å²) in [6.45, 7) is 9.60. The van der Waals surface area contributed by atoms with Crippen LogP contribution in [0.15, 0.2) is 48.6 Å². The van der Waals surface area contributed by atoms with Gasteiger partial charge in [-0.3, -0.25) is 0 Å². The lowest BCUT2D eigenvalue weighted by molar-refractivity contribution is -0.0126. The molecule has 1 aliphatic carbocycles. The number of carbonyl (C=O) groups excluding carboxylic acids is 2. The Labute approximate surface area is 224 Å². The summed E-state index contributed by atoms with van der Waals surface area (Å²) in [5.74, 6) is 0.384. The van der Waals surface area contributed by atoms with Gasteiger partial charge in [-0.15, -0.1) is 0 Å². The lowest BCUT2D eigenvalue weighted by Gasteiger charge is -2.23. The Morgan fingerprint density at radius 1 is 0.789 bits per heavy atom. The molecule has 38 heavy (non-hydrogen) atoms. The van der Waals surface area contributed by atoms with Crippen LogP contribution in [0.25, 0.3) is 0 Å². The summed E-state index contributed by atoms with van der Waals surface area (Å²) in [5.41, 5.74) is 7.73. The van der Waals surface area contributed by atoms with Crippen LogP contribution >= 0.6 is 0 Å². The van der Waals surface area contributed by atoms with Gasteiger partial charge in [0.25, 0.3) is 0 Å². The Balaban J connectivity index is 1.67. The summed E-state index contributed by atoms with van der Waals surface area (Å²) < 4.78 is 22.4. The normalized spacial score (nSPS) is 12.2. The first-order chi connectivity index (χ1) is 18.2. The molecule has 0 aliphatic heterocycles. The van der Waals surface area contributed by atoms with Gasteiger partial charge in [-0.05, 0) is 92.5 Å². The smallest absolute Gasteiger partial charge is 0.344 e. The van der Waals surface area contributed by atoms with Crippen molar-refractivity contribution in [3.05, 3.63) is 104 Å². The maximum absolute atomic E-state index is 13.7. The predicted molar refractivity (Wildman–Crippen MR) is 146 cm³/mol. The summed E-state index contributed by atoms with van der Waals surface area (Å²) >= 11 is 0. The standard InChI is InChI=1S/C32H34O6/c1-19-16-27(36-17-24-12-8-7-9-13-24)25-14-10-11-15-26(25)28(19)32(34)38-30-22(4)20(2)29(21(3)23(30)5)31(33)37-18-35-6/h7-13,16H,14-15,17-18H2,1-6H3. The molecule has 4 rings (SSSR count). The highest BCUT2D eigenvalue weighted by atomic mass is 16.7. The summed E-state index contributed by atoms with van der Waals surface area (Å²) in [6.07, 6.45) is 5.49. The fourth-order valence-corrected chi connectivity index (χ4v) is 4.96. The zero-order chi connectivity index (χ0) is 27.4. The van der Waals surface area contributed by atoms with Gasteiger partial charge in [-0.2, -0.15) is 0 Å². The largest absolute Gasteiger partial charge is 0.489 e. The van der Waals surface area contributed by atoms with Crippen molar-refractivity contribution in [2.24, 2.45) is 0 Å². The Bertz CT molecular complexity index is 1370. The predicted octanol–water partition coefficient (Wildman–Crippen LogP) is 6.44. The molecule has 0 radical (unpaired) electrons. The molecule has 0 unspecified atom stereocenters. The van der Waals surface area contributed by atoms with Gasteiger partial charge >= 0.3 is 11.9 Å². The van der Waals surface area contributed by atoms with Crippen LogP contribution in [0, 0.1) is 34.6 Å². The van der Waals surface area contributed by atoms with Crippen molar-refractivity contribution in [1.82, 2.24) is 0 Å². The van der Waals surface area contributed by atoms with Crippen molar-refractivity contribution in [3.63, 3.8) is 0 Å². The monoisotopic (exact) mass is 514 g/mol. The van der Waals surface area contributed by atoms with Crippen molar-refractivity contribution >= 4 is 11.9 Å². The van der Waals surface area contributed by atoms with Crippen molar-refractivity contribution < 1.29 is 28.5 Å². The molecule has 0 spiro atoms. The van der Waals surface area contributed by atoms with Crippen LogP contribution in [-0.4, -0.2) is 25.8 Å². The van der Waals surface area contributed by atoms with Gasteiger partial charge < -0.3 is 18.9 Å². The zero-order valence-electron chi connectivity index (χ0n) is 22.9. The third-order valence-electron chi connectivity index (χ3n) is 7.22. The topological polar surface area (TPSA) is 71.1 Å². The van der Waals surface area contributed by atoms with E-state index in [0.29, 0.717) is 47.5 Å². The molecule has 0 saturated carbocycles. The molecule has 0 amide bonds. The number of ether oxygens (including phenoxy) is 4. The molecule has 6 nitrogen and oxygen atoms in total. The molecule has 0 atom stereocenters. The van der Waals surface area contributed by atoms with Crippen molar-refractivity contribution in [2.45, 2.75) is 54.1 Å². The van der Waals surface area contributed by atoms with Crippen LogP contribution in [-0.2, 0) is 28.9 Å². The van der Waals surface area contributed by atoms with Crippen LogP contribution in [0.3, 0.4) is 0 Å². The Kier molecular flexibility index (Phi) is 8.32. The van der Waals surface area contributed by atoms with E-state index >= 15 is 0 Å². The van der Waals surface area contributed by atoms with Crippen LogP contribution in [0.4, 0.5) is 0 Å². The maximum atomic E-state index is 13.7. The summed E-state index contributed by atoms with van der Waals surface area (Å²) in [4.78, 5) is 26.3. The number of aryl methyl sites for hydroxylation is 1. The molecule has 0 aromatic heterocycles. The molecule has 6 heteroatoms. The minimum Gasteiger partial charge on any atom is -0.489 e. The number of fused-ring (bicyclic) bond motifs is 1. The highest BCUT2D eigenvalue weighted by molar-refractivity contribution is 5.97. The quantitative estimate of drug-likeness (QED) is 0.149. The number of rotatable bonds is 8. The molecule has 0 fully saturated rings. The van der Waals surface area contributed by atoms with E-state index in [0.717, 1.165) is 39.1 Å². The van der Waals surface area contributed by atoms with Crippen molar-refractivity contribution in [2.75, 3.05) is 13.9 Å². The SMILES string of the molecule is COCOC(=O)c1c(C)c(C)c(OC(=O)c2c(C)cc(OCc3ccccc3)c3c2CC=CC3)c(C)c1C. The fraction of sp³-hybridized carbons (Fsp3) is 0.312. The lowest BCUT2D eigenvalue weighted by Crippen LogP contribution is -2.19. The number of carbonyl (C=O) groups is 2. The van der Waals surface area contributed by atoms with Gasteiger partial charge in [0.05, 0.1) is 11.1 Å². The second-order valence-corrected chi connectivity index (χ2v) is 9.61. The molecular formula is C32H34O6. The summed E-state index contributed by atoms with van der Waals surface area (Å²) in [5, 5.41) is 0. The molecule has 3 aromatic rings. The number of esters is 2. The van der Waals surface area contributed by atoms with Gasteiger partial charge in [0.2, 0.25) is 0 Å². The minimum absolute atomic E-state index is 0.129. The highest BCUT2D eigenvalue weighted by Gasteiger charge is 2.27. The van der Waals surface area contributed by atoms with Gasteiger partial charge in [0, 0.05) is 12.7 Å². The highest BCUT2D eigenvalue weighted by Crippen LogP contribution is 2.37. The molecule has 0 N–H and O–H groups in total. The van der Waals surface area contributed by atoms with Crippen molar-refractivity contribution in [3.8, 4) is 11.5 Å². The number of methoxy groups -OCH3 is 1. The number of hydrogen-bond donors (Lipinski definition) is 0. The molecular weight excluding hydrogens is 480 g/mol. The Morgan fingerprint density at radius 3 is 2.05 bits per heavy atom. The van der Waals surface area contributed by atoms with E-state index in [1.165, 1.54) is 7.11 Å². The molecule has 198 valence electrons. The zero-order valence-corrected chi connectivity index (χ0v) is 22.9. The molecule has 0 bridgehead atoms. The van der Waals surface area contributed by atoms with E-state index < -0.39 is 11.9 Å². The minimum atomic E-state index is -0.464. The molecule has 3 aromatic carbocycles. The van der Waals surface area contributed by atoms with Crippen molar-refractivity contribution in [1.29, 1.82) is 0 Å². The number of allylic oxidation sites excluding steroid dienone is 2. The van der Waals surface area contributed by atoms with E-state index in [-0.39, 0.29) is 6.79 Å².